The minimum atomic E-state index is -4.47. The van der Waals surface area contributed by atoms with Crippen molar-refractivity contribution >= 4 is 11.6 Å². The van der Waals surface area contributed by atoms with Crippen molar-refractivity contribution in [2.24, 2.45) is 5.73 Å². The monoisotopic (exact) mass is 294 g/mol. The van der Waals surface area contributed by atoms with Crippen LogP contribution in [0.5, 0.6) is 0 Å². The fourth-order valence-electron chi connectivity index (χ4n) is 1.36. The molecule has 7 heteroatoms. The molecule has 0 bridgehead atoms. The van der Waals surface area contributed by atoms with Crippen LogP contribution in [0.2, 0.25) is 5.02 Å². The van der Waals surface area contributed by atoms with Gasteiger partial charge in [-0.15, -0.1) is 0 Å². The van der Waals surface area contributed by atoms with Crippen molar-refractivity contribution in [1.29, 1.82) is 0 Å². The number of halogens is 4. The first-order chi connectivity index (χ1) is 8.86. The van der Waals surface area contributed by atoms with E-state index in [-0.39, 0.29) is 24.1 Å². The zero-order valence-electron chi connectivity index (χ0n) is 10.1. The molecule has 0 amide bonds. The quantitative estimate of drug-likeness (QED) is 0.793. The van der Waals surface area contributed by atoms with Crippen LogP contribution in [-0.4, -0.2) is 13.2 Å². The number of ether oxygens (including phenoxy) is 1. The summed E-state index contributed by atoms with van der Waals surface area (Å²) in [7, 11) is 0. The lowest BCUT2D eigenvalue weighted by atomic mass is 10.1. The maximum atomic E-state index is 12.6. The lowest BCUT2D eigenvalue weighted by Gasteiger charge is -2.14. The van der Waals surface area contributed by atoms with Gasteiger partial charge >= 0.3 is 6.18 Å². The number of hydrogen-bond acceptors (Lipinski definition) is 3. The Morgan fingerprint density at radius 2 is 2.11 bits per heavy atom. The summed E-state index contributed by atoms with van der Waals surface area (Å²) in [6.45, 7) is 4.25. The van der Waals surface area contributed by atoms with Crippen molar-refractivity contribution in [2.45, 2.75) is 12.7 Å². The summed E-state index contributed by atoms with van der Waals surface area (Å²) >= 11 is 5.73. The third kappa shape index (κ3) is 4.65. The molecule has 0 atom stereocenters. The molecule has 0 radical (unpaired) electrons. The van der Waals surface area contributed by atoms with Crippen molar-refractivity contribution in [2.75, 3.05) is 13.2 Å². The van der Waals surface area contributed by atoms with Crippen molar-refractivity contribution in [3.8, 4) is 0 Å². The van der Waals surface area contributed by atoms with Gasteiger partial charge in [-0.05, 0) is 18.2 Å². The molecule has 3 N–H and O–H groups in total. The molecule has 0 saturated carbocycles. The average Bonchev–Trinajstić information content (AvgIpc) is 2.33. The molecule has 0 saturated heterocycles. The highest BCUT2D eigenvalue weighted by Gasteiger charge is 2.33. The van der Waals surface area contributed by atoms with E-state index in [1.54, 1.807) is 0 Å². The smallest absolute Gasteiger partial charge is 0.417 e. The molecule has 0 fully saturated rings. The molecule has 0 aliphatic rings. The number of rotatable bonds is 6. The summed E-state index contributed by atoms with van der Waals surface area (Å²) in [5.41, 5.74) is 4.69. The number of alkyl halides is 3. The maximum absolute atomic E-state index is 12.6. The van der Waals surface area contributed by atoms with E-state index in [1.807, 2.05) is 0 Å². The van der Waals surface area contributed by atoms with Crippen LogP contribution >= 0.6 is 11.6 Å². The summed E-state index contributed by atoms with van der Waals surface area (Å²) in [6, 6.07) is 3.74. The van der Waals surface area contributed by atoms with Crippen molar-refractivity contribution < 1.29 is 17.9 Å². The number of hydrogen-bond donors (Lipinski definition) is 2. The zero-order valence-corrected chi connectivity index (χ0v) is 10.8. The molecule has 106 valence electrons. The van der Waals surface area contributed by atoms with E-state index in [4.69, 9.17) is 22.1 Å². The lowest BCUT2D eigenvalue weighted by molar-refractivity contribution is -0.137. The highest BCUT2D eigenvalue weighted by atomic mass is 35.5. The highest BCUT2D eigenvalue weighted by molar-refractivity contribution is 6.32. The van der Waals surface area contributed by atoms with Crippen LogP contribution in [0.1, 0.15) is 11.1 Å². The molecule has 0 heterocycles. The lowest BCUT2D eigenvalue weighted by Crippen LogP contribution is -2.18. The van der Waals surface area contributed by atoms with Gasteiger partial charge in [-0.3, -0.25) is 0 Å². The largest absolute Gasteiger partial charge is 0.478 e. The van der Waals surface area contributed by atoms with Crippen LogP contribution in [0.4, 0.5) is 13.2 Å². The topological polar surface area (TPSA) is 47.3 Å². The van der Waals surface area contributed by atoms with Gasteiger partial charge in [0.2, 0.25) is 0 Å². The molecule has 0 unspecified atom stereocenters. The van der Waals surface area contributed by atoms with Crippen LogP contribution in [-0.2, 0) is 17.5 Å². The molecule has 0 spiro atoms. The fourth-order valence-corrected chi connectivity index (χ4v) is 1.66. The van der Waals surface area contributed by atoms with Crippen LogP contribution in [0.15, 0.2) is 30.7 Å². The van der Waals surface area contributed by atoms with E-state index in [0.29, 0.717) is 12.1 Å². The van der Waals surface area contributed by atoms with E-state index in [0.717, 1.165) is 6.07 Å². The van der Waals surface area contributed by atoms with Crippen LogP contribution < -0.4 is 11.1 Å². The SMILES string of the molecule is C=C(NCc1cccc(C(F)(F)F)c1Cl)OCCN. The van der Waals surface area contributed by atoms with Gasteiger partial charge in [0.25, 0.3) is 0 Å². The number of benzene rings is 1. The van der Waals surface area contributed by atoms with Gasteiger partial charge in [0, 0.05) is 13.1 Å². The second-order valence-corrected chi connectivity index (χ2v) is 4.07. The first-order valence-electron chi connectivity index (χ1n) is 5.46. The van der Waals surface area contributed by atoms with Crippen LogP contribution in [0, 0.1) is 0 Å². The minimum Gasteiger partial charge on any atom is -0.478 e. The molecule has 19 heavy (non-hydrogen) atoms. The first kappa shape index (κ1) is 15.7. The zero-order chi connectivity index (χ0) is 14.5. The van der Waals surface area contributed by atoms with E-state index < -0.39 is 11.7 Å². The van der Waals surface area contributed by atoms with E-state index >= 15 is 0 Å². The third-order valence-corrected chi connectivity index (χ3v) is 2.70. The molecule has 0 aromatic heterocycles. The summed E-state index contributed by atoms with van der Waals surface area (Å²) in [6.07, 6.45) is -4.47. The summed E-state index contributed by atoms with van der Waals surface area (Å²) in [4.78, 5) is 0. The van der Waals surface area contributed by atoms with Crippen molar-refractivity contribution in [3.05, 3.63) is 46.8 Å². The van der Waals surface area contributed by atoms with Gasteiger partial charge in [0.15, 0.2) is 5.88 Å². The summed E-state index contributed by atoms with van der Waals surface area (Å²) in [5, 5.41) is 2.40. The summed E-state index contributed by atoms with van der Waals surface area (Å²) < 4.78 is 43.0. The number of nitrogens with one attached hydrogen (secondary N) is 1. The molecule has 1 aromatic rings. The Balaban J connectivity index is 2.72. The molecular weight excluding hydrogens is 281 g/mol. The normalized spacial score (nSPS) is 11.2. The first-order valence-corrected chi connectivity index (χ1v) is 5.84. The average molecular weight is 295 g/mol. The standard InChI is InChI=1S/C12H14ClF3N2O/c1-8(19-6-5-17)18-7-9-3-2-4-10(11(9)13)12(14,15)16/h2-4,18H,1,5-7,17H2. The van der Waals surface area contributed by atoms with Crippen molar-refractivity contribution in [3.63, 3.8) is 0 Å². The van der Waals surface area contributed by atoms with E-state index in [1.165, 1.54) is 12.1 Å². The van der Waals surface area contributed by atoms with Gasteiger partial charge in [-0.1, -0.05) is 23.7 Å². The summed E-state index contributed by atoms with van der Waals surface area (Å²) in [5.74, 6) is 0.235. The Bertz CT molecular complexity index is 449. The van der Waals surface area contributed by atoms with Gasteiger partial charge in [0.05, 0.1) is 10.6 Å². The fraction of sp³-hybridized carbons (Fsp3) is 0.333. The minimum absolute atomic E-state index is 0.0894. The third-order valence-electron chi connectivity index (χ3n) is 2.25. The Morgan fingerprint density at radius 3 is 2.68 bits per heavy atom. The van der Waals surface area contributed by atoms with Crippen molar-refractivity contribution in [1.82, 2.24) is 5.32 Å². The predicted molar refractivity (Wildman–Crippen MR) is 67.4 cm³/mol. The Kier molecular flexibility index (Phi) is 5.50. The second kappa shape index (κ2) is 6.68. The molecule has 3 nitrogen and oxygen atoms in total. The Hall–Kier alpha value is -1.40. The molecule has 0 aliphatic carbocycles. The van der Waals surface area contributed by atoms with Crippen LogP contribution in [0.3, 0.4) is 0 Å². The van der Waals surface area contributed by atoms with E-state index in [2.05, 4.69) is 11.9 Å². The predicted octanol–water partition coefficient (Wildman–Crippen LogP) is 2.89. The molecule has 0 aliphatic heterocycles. The van der Waals surface area contributed by atoms with Gasteiger partial charge in [0.1, 0.15) is 6.61 Å². The molecule has 1 rings (SSSR count). The number of nitrogens with two attached hydrogens (primary N) is 1. The van der Waals surface area contributed by atoms with Crippen LogP contribution in [0.25, 0.3) is 0 Å². The maximum Gasteiger partial charge on any atom is 0.417 e. The molecular formula is C12H14ClF3N2O. The highest BCUT2D eigenvalue weighted by Crippen LogP contribution is 2.36. The van der Waals surface area contributed by atoms with Gasteiger partial charge in [-0.25, -0.2) is 0 Å². The van der Waals surface area contributed by atoms with Gasteiger partial charge < -0.3 is 15.8 Å². The Morgan fingerprint density at radius 1 is 1.42 bits per heavy atom. The second-order valence-electron chi connectivity index (χ2n) is 3.69. The van der Waals surface area contributed by atoms with Gasteiger partial charge in [-0.2, -0.15) is 13.2 Å². The Labute approximate surface area is 114 Å². The molecule has 1 aromatic carbocycles. The van der Waals surface area contributed by atoms with E-state index in [9.17, 15) is 13.2 Å².